The zero-order chi connectivity index (χ0) is 13.8. The van der Waals surface area contributed by atoms with Crippen LogP contribution in [0.4, 0.5) is 5.69 Å². The van der Waals surface area contributed by atoms with Crippen LogP contribution in [0.5, 0.6) is 0 Å². The number of aryl methyl sites for hydroxylation is 2. The van der Waals surface area contributed by atoms with Crippen molar-refractivity contribution in [1.82, 2.24) is 0 Å². The first kappa shape index (κ1) is 14.1. The Morgan fingerprint density at radius 3 is 2.53 bits per heavy atom. The molecule has 0 saturated carbocycles. The van der Waals surface area contributed by atoms with Gasteiger partial charge in [0.2, 0.25) is 0 Å². The van der Waals surface area contributed by atoms with Crippen molar-refractivity contribution in [2.75, 3.05) is 11.9 Å². The maximum absolute atomic E-state index is 5.93. The van der Waals surface area contributed by atoms with Crippen LogP contribution in [0.1, 0.15) is 22.7 Å². The first-order chi connectivity index (χ1) is 9.11. The van der Waals surface area contributed by atoms with Crippen LogP contribution in [0.3, 0.4) is 0 Å². The second-order valence-corrected chi connectivity index (χ2v) is 5.63. The summed E-state index contributed by atoms with van der Waals surface area (Å²) in [5.74, 6) is 0. The Bertz CT molecular complexity index is 566. The molecule has 1 unspecified atom stereocenters. The topological polar surface area (TPSA) is 38.0 Å². The summed E-state index contributed by atoms with van der Waals surface area (Å²) >= 11 is 3.55. The summed E-state index contributed by atoms with van der Waals surface area (Å²) in [5, 5.41) is 3.50. The van der Waals surface area contributed by atoms with Gasteiger partial charge in [0, 0.05) is 16.7 Å². The smallest absolute Gasteiger partial charge is 0.0639 e. The lowest BCUT2D eigenvalue weighted by molar-refractivity contribution is 0.782. The van der Waals surface area contributed by atoms with Crippen molar-refractivity contribution in [3.05, 3.63) is 63.6 Å². The van der Waals surface area contributed by atoms with Crippen LogP contribution >= 0.6 is 15.9 Å². The molecule has 0 saturated heterocycles. The fourth-order valence-electron chi connectivity index (χ4n) is 2.25. The van der Waals surface area contributed by atoms with E-state index in [4.69, 9.17) is 5.73 Å². The molecule has 0 fully saturated rings. The SMILES string of the molecule is Cc1ccc(C(CN)Nc2ccccc2Br)c(C)c1. The van der Waals surface area contributed by atoms with Gasteiger partial charge in [-0.1, -0.05) is 35.9 Å². The summed E-state index contributed by atoms with van der Waals surface area (Å²) in [5.41, 5.74) is 10.8. The van der Waals surface area contributed by atoms with E-state index in [1.54, 1.807) is 0 Å². The summed E-state index contributed by atoms with van der Waals surface area (Å²) < 4.78 is 1.05. The second-order valence-electron chi connectivity index (χ2n) is 4.77. The Balaban J connectivity index is 2.28. The lowest BCUT2D eigenvalue weighted by atomic mass is 9.99. The van der Waals surface area contributed by atoms with E-state index in [-0.39, 0.29) is 6.04 Å². The molecule has 2 aromatic rings. The summed E-state index contributed by atoms with van der Waals surface area (Å²) in [7, 11) is 0. The van der Waals surface area contributed by atoms with Gasteiger partial charge in [0.05, 0.1) is 6.04 Å². The van der Waals surface area contributed by atoms with E-state index in [2.05, 4.69) is 59.4 Å². The van der Waals surface area contributed by atoms with Crippen molar-refractivity contribution in [2.45, 2.75) is 19.9 Å². The van der Waals surface area contributed by atoms with Gasteiger partial charge in [-0.05, 0) is 53.0 Å². The molecule has 100 valence electrons. The fraction of sp³-hybridized carbons (Fsp3) is 0.250. The van der Waals surface area contributed by atoms with E-state index >= 15 is 0 Å². The minimum atomic E-state index is 0.124. The maximum Gasteiger partial charge on any atom is 0.0639 e. The first-order valence-electron chi connectivity index (χ1n) is 6.40. The van der Waals surface area contributed by atoms with E-state index in [1.165, 1.54) is 16.7 Å². The molecule has 0 bridgehead atoms. The number of hydrogen-bond acceptors (Lipinski definition) is 2. The predicted molar refractivity (Wildman–Crippen MR) is 85.5 cm³/mol. The zero-order valence-corrected chi connectivity index (χ0v) is 12.9. The van der Waals surface area contributed by atoms with E-state index in [9.17, 15) is 0 Å². The molecule has 0 spiro atoms. The number of nitrogens with two attached hydrogens (primary N) is 1. The molecule has 0 aliphatic carbocycles. The molecular formula is C16H19BrN2. The molecule has 0 aliphatic heterocycles. The molecule has 3 heteroatoms. The van der Waals surface area contributed by atoms with Crippen molar-refractivity contribution < 1.29 is 0 Å². The number of halogens is 1. The number of anilines is 1. The van der Waals surface area contributed by atoms with Crippen molar-refractivity contribution >= 4 is 21.6 Å². The molecule has 1 atom stereocenters. The van der Waals surface area contributed by atoms with E-state index in [1.807, 2.05) is 18.2 Å². The Morgan fingerprint density at radius 1 is 1.16 bits per heavy atom. The van der Waals surface area contributed by atoms with Gasteiger partial charge in [0.15, 0.2) is 0 Å². The van der Waals surface area contributed by atoms with Gasteiger partial charge in [-0.3, -0.25) is 0 Å². The normalized spacial score (nSPS) is 12.2. The highest BCUT2D eigenvalue weighted by Gasteiger charge is 2.13. The minimum Gasteiger partial charge on any atom is -0.376 e. The lowest BCUT2D eigenvalue weighted by Crippen LogP contribution is -2.21. The maximum atomic E-state index is 5.93. The van der Waals surface area contributed by atoms with Crippen LogP contribution < -0.4 is 11.1 Å². The average molecular weight is 319 g/mol. The van der Waals surface area contributed by atoms with Gasteiger partial charge in [0.1, 0.15) is 0 Å². The van der Waals surface area contributed by atoms with Gasteiger partial charge >= 0.3 is 0 Å². The van der Waals surface area contributed by atoms with Crippen LogP contribution in [-0.2, 0) is 0 Å². The first-order valence-corrected chi connectivity index (χ1v) is 7.19. The van der Waals surface area contributed by atoms with E-state index < -0.39 is 0 Å². The minimum absolute atomic E-state index is 0.124. The third kappa shape index (κ3) is 3.37. The van der Waals surface area contributed by atoms with Crippen LogP contribution in [0.25, 0.3) is 0 Å². The quantitative estimate of drug-likeness (QED) is 0.887. The van der Waals surface area contributed by atoms with Crippen LogP contribution in [0.2, 0.25) is 0 Å². The van der Waals surface area contributed by atoms with Gasteiger partial charge in [-0.15, -0.1) is 0 Å². The average Bonchev–Trinajstić information content (AvgIpc) is 2.39. The third-order valence-electron chi connectivity index (χ3n) is 3.24. The molecule has 2 rings (SSSR count). The molecule has 2 aromatic carbocycles. The number of rotatable bonds is 4. The molecule has 0 heterocycles. The van der Waals surface area contributed by atoms with Gasteiger partial charge in [-0.2, -0.15) is 0 Å². The number of para-hydroxylation sites is 1. The van der Waals surface area contributed by atoms with E-state index in [0.717, 1.165) is 10.2 Å². The highest BCUT2D eigenvalue weighted by atomic mass is 79.9. The standard InChI is InChI=1S/C16H19BrN2/c1-11-7-8-13(12(2)9-11)16(10-18)19-15-6-4-3-5-14(15)17/h3-9,16,19H,10,18H2,1-2H3. The second kappa shape index (κ2) is 6.22. The van der Waals surface area contributed by atoms with Gasteiger partial charge in [-0.25, -0.2) is 0 Å². The molecule has 19 heavy (non-hydrogen) atoms. The van der Waals surface area contributed by atoms with Crippen molar-refractivity contribution in [1.29, 1.82) is 0 Å². The monoisotopic (exact) mass is 318 g/mol. The third-order valence-corrected chi connectivity index (χ3v) is 3.93. The lowest BCUT2D eigenvalue weighted by Gasteiger charge is -2.21. The summed E-state index contributed by atoms with van der Waals surface area (Å²) in [6, 6.07) is 14.7. The number of benzene rings is 2. The molecule has 0 aromatic heterocycles. The summed E-state index contributed by atoms with van der Waals surface area (Å²) in [6.45, 7) is 4.80. The molecule has 0 radical (unpaired) electrons. The van der Waals surface area contributed by atoms with Crippen molar-refractivity contribution in [3.8, 4) is 0 Å². The fourth-order valence-corrected chi connectivity index (χ4v) is 2.65. The highest BCUT2D eigenvalue weighted by molar-refractivity contribution is 9.10. The Labute approximate surface area is 123 Å². The van der Waals surface area contributed by atoms with Gasteiger partial charge in [0.25, 0.3) is 0 Å². The molecule has 0 aliphatic rings. The summed E-state index contributed by atoms with van der Waals surface area (Å²) in [4.78, 5) is 0. The number of nitrogens with one attached hydrogen (secondary N) is 1. The van der Waals surface area contributed by atoms with Crippen LogP contribution in [0.15, 0.2) is 46.9 Å². The van der Waals surface area contributed by atoms with E-state index in [0.29, 0.717) is 6.54 Å². The molecular weight excluding hydrogens is 300 g/mol. The number of hydrogen-bond donors (Lipinski definition) is 2. The van der Waals surface area contributed by atoms with Crippen LogP contribution in [-0.4, -0.2) is 6.54 Å². The van der Waals surface area contributed by atoms with Crippen molar-refractivity contribution in [3.63, 3.8) is 0 Å². The molecule has 0 amide bonds. The Morgan fingerprint density at radius 2 is 1.89 bits per heavy atom. The Hall–Kier alpha value is -1.32. The molecule has 3 N–H and O–H groups in total. The van der Waals surface area contributed by atoms with Gasteiger partial charge < -0.3 is 11.1 Å². The largest absolute Gasteiger partial charge is 0.376 e. The summed E-state index contributed by atoms with van der Waals surface area (Å²) in [6.07, 6.45) is 0. The predicted octanol–water partition coefficient (Wildman–Crippen LogP) is 4.18. The zero-order valence-electron chi connectivity index (χ0n) is 11.3. The highest BCUT2D eigenvalue weighted by Crippen LogP contribution is 2.27. The van der Waals surface area contributed by atoms with Crippen molar-refractivity contribution in [2.24, 2.45) is 5.73 Å². The molecule has 2 nitrogen and oxygen atoms in total. The Kier molecular flexibility index (Phi) is 4.61. The van der Waals surface area contributed by atoms with Crippen LogP contribution in [0, 0.1) is 13.8 Å².